The number of carbonyl (C=O) groups is 1. The van der Waals surface area contributed by atoms with Crippen molar-refractivity contribution in [2.45, 2.75) is 40.3 Å². The molecule has 1 atom stereocenters. The van der Waals surface area contributed by atoms with Gasteiger partial charge < -0.3 is 15.2 Å². The summed E-state index contributed by atoms with van der Waals surface area (Å²) in [4.78, 5) is 22.1. The minimum absolute atomic E-state index is 0.142. The Morgan fingerprint density at radius 3 is 2.73 bits per heavy atom. The number of urea groups is 1. The summed E-state index contributed by atoms with van der Waals surface area (Å²) in [5.41, 5.74) is 6.16. The summed E-state index contributed by atoms with van der Waals surface area (Å²) in [6.45, 7) is 8.47. The highest BCUT2D eigenvalue weighted by atomic mass is 16.2. The van der Waals surface area contributed by atoms with E-state index in [0.29, 0.717) is 6.54 Å². The van der Waals surface area contributed by atoms with Gasteiger partial charge in [0.15, 0.2) is 0 Å². The fourth-order valence-electron chi connectivity index (χ4n) is 3.07. The normalized spacial score (nSPS) is 12.4. The van der Waals surface area contributed by atoms with Gasteiger partial charge in [-0.2, -0.15) is 5.10 Å². The number of hydrogen-bond donors (Lipinski definition) is 2. The Bertz CT molecular complexity index is 954. The molecule has 0 unspecified atom stereocenters. The summed E-state index contributed by atoms with van der Waals surface area (Å²) >= 11 is 0. The minimum atomic E-state index is -0.214. The Balaban J connectivity index is 1.69. The maximum Gasteiger partial charge on any atom is 0.318 e. The van der Waals surface area contributed by atoms with Gasteiger partial charge in [0.05, 0.1) is 29.3 Å². The van der Waals surface area contributed by atoms with Gasteiger partial charge >= 0.3 is 6.03 Å². The van der Waals surface area contributed by atoms with E-state index in [4.69, 9.17) is 0 Å². The van der Waals surface area contributed by atoms with Crippen molar-refractivity contribution in [3.8, 4) is 0 Å². The summed E-state index contributed by atoms with van der Waals surface area (Å²) in [6.07, 6.45) is 0. The first-order valence-corrected chi connectivity index (χ1v) is 8.73. The highest BCUT2D eigenvalue weighted by Crippen LogP contribution is 2.18. The lowest BCUT2D eigenvalue weighted by atomic mass is 10.2. The summed E-state index contributed by atoms with van der Waals surface area (Å²) in [6, 6.07) is 5.72. The first-order valence-electron chi connectivity index (χ1n) is 8.73. The molecule has 2 aromatic heterocycles. The van der Waals surface area contributed by atoms with E-state index in [1.165, 1.54) is 5.56 Å². The highest BCUT2D eigenvalue weighted by Gasteiger charge is 2.19. The van der Waals surface area contributed by atoms with E-state index in [-0.39, 0.29) is 12.1 Å². The Kier molecular flexibility index (Phi) is 4.71. The Hall–Kier alpha value is -2.83. The largest absolute Gasteiger partial charge is 0.340 e. The molecule has 0 fully saturated rings. The summed E-state index contributed by atoms with van der Waals surface area (Å²) < 4.78 is 1.84. The van der Waals surface area contributed by atoms with Crippen LogP contribution in [0.5, 0.6) is 0 Å². The third-order valence-electron chi connectivity index (χ3n) is 4.81. The minimum Gasteiger partial charge on any atom is -0.340 e. The first kappa shape index (κ1) is 18.0. The van der Waals surface area contributed by atoms with E-state index >= 15 is 0 Å². The van der Waals surface area contributed by atoms with Crippen LogP contribution in [-0.2, 0) is 13.6 Å². The van der Waals surface area contributed by atoms with Gasteiger partial charge in [-0.25, -0.2) is 9.78 Å². The lowest BCUT2D eigenvalue weighted by molar-refractivity contribution is 0.203. The molecule has 0 aliphatic heterocycles. The van der Waals surface area contributed by atoms with E-state index < -0.39 is 0 Å². The predicted octanol–water partition coefficient (Wildman–Crippen LogP) is 3.12. The summed E-state index contributed by atoms with van der Waals surface area (Å²) in [5, 5.41) is 7.41. The molecule has 26 heavy (non-hydrogen) atoms. The molecule has 3 aromatic rings. The van der Waals surface area contributed by atoms with Crippen LogP contribution in [0.1, 0.15) is 41.3 Å². The van der Waals surface area contributed by atoms with Gasteiger partial charge in [0.1, 0.15) is 5.82 Å². The van der Waals surface area contributed by atoms with Crippen LogP contribution < -0.4 is 5.32 Å². The molecule has 2 N–H and O–H groups in total. The monoisotopic (exact) mass is 354 g/mol. The number of fused-ring (bicyclic) bond motifs is 1. The average Bonchev–Trinajstić information content (AvgIpc) is 3.10. The van der Waals surface area contributed by atoms with E-state index in [9.17, 15) is 4.79 Å². The number of rotatable bonds is 4. The molecule has 2 amide bonds. The number of aryl methyl sites for hydroxylation is 3. The van der Waals surface area contributed by atoms with Gasteiger partial charge in [0.25, 0.3) is 0 Å². The van der Waals surface area contributed by atoms with Gasteiger partial charge in [0.2, 0.25) is 0 Å². The van der Waals surface area contributed by atoms with Gasteiger partial charge in [-0.1, -0.05) is 6.07 Å². The molecule has 0 saturated heterocycles. The average molecular weight is 354 g/mol. The molecule has 3 rings (SSSR count). The Labute approximate surface area is 153 Å². The SMILES string of the molecule is Cc1ccc2nc([C@@H](C)NC(=O)N(C)Cc3c(C)nn(C)c3C)[nH]c2c1. The van der Waals surface area contributed by atoms with Crippen LogP contribution in [0.25, 0.3) is 11.0 Å². The molecular formula is C19H26N6O. The van der Waals surface area contributed by atoms with Gasteiger partial charge in [-0.15, -0.1) is 0 Å². The van der Waals surface area contributed by atoms with Gasteiger partial charge in [-0.3, -0.25) is 4.68 Å². The number of amides is 2. The fourth-order valence-corrected chi connectivity index (χ4v) is 3.07. The number of nitrogens with zero attached hydrogens (tertiary/aromatic N) is 4. The van der Waals surface area contributed by atoms with Crippen LogP contribution >= 0.6 is 0 Å². The third kappa shape index (κ3) is 3.42. The standard InChI is InChI=1S/C19H26N6O/c1-11-7-8-16-17(9-11)22-18(21-16)13(3)20-19(26)24(5)10-15-12(2)23-25(6)14(15)4/h7-9,13H,10H2,1-6H3,(H,20,26)(H,21,22)/t13-/m1/s1. The van der Waals surface area contributed by atoms with Crippen molar-refractivity contribution < 1.29 is 4.79 Å². The maximum atomic E-state index is 12.6. The van der Waals surface area contributed by atoms with Crippen molar-refractivity contribution in [3.63, 3.8) is 0 Å². The number of nitrogens with one attached hydrogen (secondary N) is 2. The lowest BCUT2D eigenvalue weighted by Gasteiger charge is -2.20. The predicted molar refractivity (Wildman–Crippen MR) is 102 cm³/mol. The zero-order valence-corrected chi connectivity index (χ0v) is 16.2. The van der Waals surface area contributed by atoms with Crippen molar-refractivity contribution in [1.29, 1.82) is 0 Å². The van der Waals surface area contributed by atoms with Crippen molar-refractivity contribution in [2.24, 2.45) is 7.05 Å². The number of carbonyl (C=O) groups excluding carboxylic acids is 1. The highest BCUT2D eigenvalue weighted by molar-refractivity contribution is 5.77. The summed E-state index contributed by atoms with van der Waals surface area (Å²) in [5.74, 6) is 0.751. The van der Waals surface area contributed by atoms with Crippen LogP contribution in [0.15, 0.2) is 18.2 Å². The van der Waals surface area contributed by atoms with Crippen molar-refractivity contribution in [3.05, 3.63) is 46.5 Å². The van der Waals surface area contributed by atoms with Crippen LogP contribution in [0.3, 0.4) is 0 Å². The second-order valence-corrected chi connectivity index (χ2v) is 6.94. The number of H-pyrrole nitrogens is 1. The van der Waals surface area contributed by atoms with E-state index in [1.54, 1.807) is 11.9 Å². The molecule has 0 radical (unpaired) electrons. The molecule has 138 valence electrons. The first-order chi connectivity index (χ1) is 12.3. The smallest absolute Gasteiger partial charge is 0.318 e. The zero-order chi connectivity index (χ0) is 19.0. The molecule has 7 heteroatoms. The third-order valence-corrected chi connectivity index (χ3v) is 4.81. The molecule has 7 nitrogen and oxygen atoms in total. The van der Waals surface area contributed by atoms with Crippen LogP contribution in [0.4, 0.5) is 4.79 Å². The second kappa shape index (κ2) is 6.82. The van der Waals surface area contributed by atoms with Crippen LogP contribution in [-0.4, -0.2) is 37.7 Å². The van der Waals surface area contributed by atoms with E-state index in [1.807, 2.05) is 51.6 Å². The quantitative estimate of drug-likeness (QED) is 0.755. The molecule has 0 bridgehead atoms. The number of imidazole rings is 1. The second-order valence-electron chi connectivity index (χ2n) is 6.94. The van der Waals surface area contributed by atoms with Crippen molar-refractivity contribution in [2.75, 3.05) is 7.05 Å². The maximum absolute atomic E-state index is 12.6. The topological polar surface area (TPSA) is 78.8 Å². The van der Waals surface area contributed by atoms with Gasteiger partial charge in [-0.05, 0) is 45.4 Å². The number of aromatic amines is 1. The van der Waals surface area contributed by atoms with E-state index in [2.05, 4.69) is 26.4 Å². The molecule has 0 spiro atoms. The van der Waals surface area contributed by atoms with E-state index in [0.717, 1.165) is 33.8 Å². The molecule has 1 aromatic carbocycles. The zero-order valence-electron chi connectivity index (χ0n) is 16.2. The fraction of sp³-hybridized carbons (Fsp3) is 0.421. The van der Waals surface area contributed by atoms with Crippen molar-refractivity contribution >= 4 is 17.1 Å². The van der Waals surface area contributed by atoms with Crippen LogP contribution in [0, 0.1) is 20.8 Å². The Morgan fingerprint density at radius 1 is 1.35 bits per heavy atom. The number of benzene rings is 1. The van der Waals surface area contributed by atoms with Crippen LogP contribution in [0.2, 0.25) is 0 Å². The molecule has 0 aliphatic rings. The Morgan fingerprint density at radius 2 is 2.08 bits per heavy atom. The number of aromatic nitrogens is 4. The molecule has 2 heterocycles. The number of hydrogen-bond acceptors (Lipinski definition) is 3. The van der Waals surface area contributed by atoms with Crippen molar-refractivity contribution in [1.82, 2.24) is 30.0 Å². The molecular weight excluding hydrogens is 328 g/mol. The van der Waals surface area contributed by atoms with Gasteiger partial charge in [0, 0.05) is 25.4 Å². The lowest BCUT2D eigenvalue weighted by Crippen LogP contribution is -2.38. The molecule has 0 saturated carbocycles. The summed E-state index contributed by atoms with van der Waals surface area (Å²) in [7, 11) is 3.70. The molecule has 0 aliphatic carbocycles.